The molecule has 0 aliphatic rings. The summed E-state index contributed by atoms with van der Waals surface area (Å²) in [7, 11) is 1.73. The Bertz CT molecular complexity index is 1500. The van der Waals surface area contributed by atoms with E-state index in [4.69, 9.17) is 17.3 Å². The minimum absolute atomic E-state index is 0.0469. The predicted molar refractivity (Wildman–Crippen MR) is 143 cm³/mol. The standard InChI is InChI=1S/C26H20BrClF2N6/c1-33-13-23(32)25(14-2-4-16(29)5-3-14)36-18-8-19-24(35-17-6-7-22(30)21(28)10-17)15(11-31)12-34-26(19)20(27)9-18/h2-10,12-13,25,33,36H,32H2,1H3,(H,34,35)/b23-13-. The summed E-state index contributed by atoms with van der Waals surface area (Å²) in [5.74, 6) is -0.899. The second kappa shape index (κ2) is 10.8. The fourth-order valence-electron chi connectivity index (χ4n) is 3.71. The average molecular weight is 570 g/mol. The number of pyridine rings is 1. The number of nitrogens with two attached hydrogens (primary N) is 1. The first kappa shape index (κ1) is 25.2. The van der Waals surface area contributed by atoms with Gasteiger partial charge in [0.25, 0.3) is 0 Å². The Kier molecular flexibility index (Phi) is 7.58. The van der Waals surface area contributed by atoms with Crippen LogP contribution in [0.1, 0.15) is 17.2 Å². The van der Waals surface area contributed by atoms with E-state index in [1.165, 1.54) is 36.5 Å². The maximum absolute atomic E-state index is 13.7. The number of benzene rings is 3. The van der Waals surface area contributed by atoms with Gasteiger partial charge in [-0.05, 0) is 64.0 Å². The number of hydrogen-bond acceptors (Lipinski definition) is 6. The van der Waals surface area contributed by atoms with Crippen molar-refractivity contribution in [1.29, 1.82) is 5.26 Å². The van der Waals surface area contributed by atoms with Crippen LogP contribution in [-0.2, 0) is 0 Å². The van der Waals surface area contributed by atoms with Crippen molar-refractivity contribution in [2.24, 2.45) is 5.73 Å². The molecule has 3 aromatic carbocycles. The van der Waals surface area contributed by atoms with Gasteiger partial charge >= 0.3 is 0 Å². The third-order valence-electron chi connectivity index (χ3n) is 5.39. The zero-order chi connectivity index (χ0) is 25.8. The van der Waals surface area contributed by atoms with Crippen molar-refractivity contribution in [3.63, 3.8) is 0 Å². The number of hydrogen-bond donors (Lipinski definition) is 4. The highest BCUT2D eigenvalue weighted by atomic mass is 79.9. The van der Waals surface area contributed by atoms with Crippen LogP contribution in [0, 0.1) is 23.0 Å². The highest BCUT2D eigenvalue weighted by Gasteiger charge is 2.18. The third-order valence-corrected chi connectivity index (χ3v) is 6.29. The van der Waals surface area contributed by atoms with Crippen LogP contribution in [0.3, 0.4) is 0 Å². The molecule has 0 amide bonds. The maximum atomic E-state index is 13.7. The first-order valence-corrected chi connectivity index (χ1v) is 11.9. The first-order chi connectivity index (χ1) is 17.3. The Morgan fingerprint density at radius 3 is 2.56 bits per heavy atom. The van der Waals surface area contributed by atoms with Gasteiger partial charge in [-0.1, -0.05) is 23.7 Å². The second-order valence-corrected chi connectivity index (χ2v) is 9.09. The van der Waals surface area contributed by atoms with Crippen molar-refractivity contribution < 1.29 is 8.78 Å². The molecule has 4 aromatic rings. The number of fused-ring (bicyclic) bond motifs is 1. The zero-order valence-corrected chi connectivity index (χ0v) is 21.3. The molecule has 0 aliphatic carbocycles. The number of rotatable bonds is 7. The smallest absolute Gasteiger partial charge is 0.141 e. The molecule has 10 heteroatoms. The quantitative estimate of drug-likeness (QED) is 0.197. The molecule has 1 aromatic heterocycles. The van der Waals surface area contributed by atoms with Gasteiger partial charge in [-0.15, -0.1) is 0 Å². The van der Waals surface area contributed by atoms with Gasteiger partial charge in [-0.2, -0.15) is 5.26 Å². The fraction of sp³-hybridized carbons (Fsp3) is 0.0769. The Morgan fingerprint density at radius 1 is 1.14 bits per heavy atom. The molecule has 5 N–H and O–H groups in total. The molecule has 0 fully saturated rings. The van der Waals surface area contributed by atoms with E-state index in [0.717, 1.165) is 5.56 Å². The van der Waals surface area contributed by atoms with Crippen molar-refractivity contribution in [2.45, 2.75) is 6.04 Å². The minimum Gasteiger partial charge on any atom is -0.399 e. The van der Waals surface area contributed by atoms with Crippen LogP contribution in [0.15, 0.2) is 77.2 Å². The van der Waals surface area contributed by atoms with Crippen LogP contribution < -0.4 is 21.7 Å². The molecule has 1 atom stereocenters. The lowest BCUT2D eigenvalue weighted by Crippen LogP contribution is -2.20. The van der Waals surface area contributed by atoms with E-state index in [0.29, 0.717) is 38.1 Å². The average Bonchev–Trinajstić information content (AvgIpc) is 2.86. The topological polar surface area (TPSA) is 98.8 Å². The summed E-state index contributed by atoms with van der Waals surface area (Å²) in [5, 5.41) is 19.8. The van der Waals surface area contributed by atoms with E-state index in [1.54, 1.807) is 25.4 Å². The molecule has 0 spiro atoms. The lowest BCUT2D eigenvalue weighted by Gasteiger charge is -2.22. The summed E-state index contributed by atoms with van der Waals surface area (Å²) >= 11 is 9.51. The molecule has 1 unspecified atom stereocenters. The van der Waals surface area contributed by atoms with E-state index in [-0.39, 0.29) is 16.4 Å². The zero-order valence-electron chi connectivity index (χ0n) is 18.9. The molecule has 0 bridgehead atoms. The van der Waals surface area contributed by atoms with Gasteiger partial charge < -0.3 is 21.7 Å². The Morgan fingerprint density at radius 2 is 1.89 bits per heavy atom. The number of nitrogens with zero attached hydrogens (tertiary/aromatic N) is 2. The molecule has 0 saturated heterocycles. The van der Waals surface area contributed by atoms with Crippen LogP contribution in [-0.4, -0.2) is 12.0 Å². The highest BCUT2D eigenvalue weighted by Crippen LogP contribution is 2.37. The number of nitrogens with one attached hydrogen (secondary N) is 3. The first-order valence-electron chi connectivity index (χ1n) is 10.7. The summed E-state index contributed by atoms with van der Waals surface area (Å²) in [6.07, 6.45) is 3.11. The maximum Gasteiger partial charge on any atom is 0.141 e. The Labute approximate surface area is 219 Å². The van der Waals surface area contributed by atoms with E-state index in [1.807, 2.05) is 12.1 Å². The normalized spacial score (nSPS) is 12.2. The number of aromatic nitrogens is 1. The summed E-state index contributed by atoms with van der Waals surface area (Å²) in [6.45, 7) is 0. The molecular weight excluding hydrogens is 550 g/mol. The van der Waals surface area contributed by atoms with Crippen molar-refractivity contribution in [3.8, 4) is 6.07 Å². The van der Waals surface area contributed by atoms with Crippen molar-refractivity contribution >= 4 is 55.5 Å². The van der Waals surface area contributed by atoms with Crippen LogP contribution in [0.25, 0.3) is 10.9 Å². The highest BCUT2D eigenvalue weighted by molar-refractivity contribution is 9.10. The van der Waals surface area contributed by atoms with Gasteiger partial charge in [-0.25, -0.2) is 8.78 Å². The van der Waals surface area contributed by atoms with Gasteiger partial charge in [0.2, 0.25) is 0 Å². The SMILES string of the molecule is CN/C=C(\N)C(Nc1cc(Br)c2ncc(C#N)c(Nc3ccc(F)c(Cl)c3)c2c1)c1ccc(F)cc1. The number of anilines is 3. The van der Waals surface area contributed by atoms with Crippen LogP contribution in [0.4, 0.5) is 25.8 Å². The van der Waals surface area contributed by atoms with Gasteiger partial charge in [0.15, 0.2) is 0 Å². The Hall–Kier alpha value is -3.87. The van der Waals surface area contributed by atoms with Gasteiger partial charge in [-0.3, -0.25) is 4.98 Å². The molecular formula is C26H20BrClF2N6. The van der Waals surface area contributed by atoms with E-state index in [9.17, 15) is 14.0 Å². The van der Waals surface area contributed by atoms with Crippen LogP contribution in [0.2, 0.25) is 5.02 Å². The lowest BCUT2D eigenvalue weighted by molar-refractivity contribution is 0.626. The minimum atomic E-state index is -0.546. The number of nitriles is 1. The summed E-state index contributed by atoms with van der Waals surface area (Å²) in [4.78, 5) is 4.43. The van der Waals surface area contributed by atoms with E-state index < -0.39 is 11.9 Å². The molecule has 4 rings (SSSR count). The Balaban J connectivity index is 1.82. The van der Waals surface area contributed by atoms with Gasteiger partial charge in [0.1, 0.15) is 17.7 Å². The molecule has 182 valence electrons. The molecule has 0 radical (unpaired) electrons. The molecule has 6 nitrogen and oxygen atoms in total. The summed E-state index contributed by atoms with van der Waals surface area (Å²) in [5.41, 5.74) is 10.1. The second-order valence-electron chi connectivity index (χ2n) is 7.83. The largest absolute Gasteiger partial charge is 0.399 e. The summed E-state index contributed by atoms with van der Waals surface area (Å²) < 4.78 is 27.9. The molecule has 0 saturated carbocycles. The van der Waals surface area contributed by atoms with Crippen LogP contribution in [0.5, 0.6) is 0 Å². The van der Waals surface area contributed by atoms with Gasteiger partial charge in [0, 0.05) is 40.7 Å². The van der Waals surface area contributed by atoms with Crippen LogP contribution >= 0.6 is 27.5 Å². The molecule has 1 heterocycles. The fourth-order valence-corrected chi connectivity index (χ4v) is 4.45. The molecule has 36 heavy (non-hydrogen) atoms. The monoisotopic (exact) mass is 568 g/mol. The van der Waals surface area contributed by atoms with E-state index in [2.05, 4.69) is 42.9 Å². The van der Waals surface area contributed by atoms with Crippen molar-refractivity contribution in [2.75, 3.05) is 17.7 Å². The van der Waals surface area contributed by atoms with Crippen molar-refractivity contribution in [1.82, 2.24) is 10.3 Å². The lowest BCUT2D eigenvalue weighted by atomic mass is 10.0. The van der Waals surface area contributed by atoms with Gasteiger partial charge in [0.05, 0.1) is 33.5 Å². The third kappa shape index (κ3) is 5.35. The number of halogens is 4. The van der Waals surface area contributed by atoms with Crippen molar-refractivity contribution in [3.05, 3.63) is 105 Å². The summed E-state index contributed by atoms with van der Waals surface area (Å²) in [6, 6.07) is 15.6. The van der Waals surface area contributed by atoms with E-state index >= 15 is 0 Å². The predicted octanol–water partition coefficient (Wildman–Crippen LogP) is 6.72. The molecule has 0 aliphatic heterocycles.